The molecule has 0 atom stereocenters. The largest absolute Gasteiger partial charge is 0.490 e. The molecule has 0 N–H and O–H groups in total. The van der Waals surface area contributed by atoms with E-state index in [0.717, 1.165) is 23.1 Å². The molecule has 0 fully saturated rings. The van der Waals surface area contributed by atoms with Crippen LogP contribution in [0.15, 0.2) is 46.9 Å². The van der Waals surface area contributed by atoms with E-state index < -0.39 is 0 Å². The number of aromatic nitrogens is 1. The maximum absolute atomic E-state index is 13.5. The van der Waals surface area contributed by atoms with Crippen molar-refractivity contribution in [1.82, 2.24) is 9.88 Å². The minimum atomic E-state index is -0.229. The van der Waals surface area contributed by atoms with E-state index in [1.54, 1.807) is 17.0 Å². The highest BCUT2D eigenvalue weighted by Crippen LogP contribution is 2.35. The smallest absolute Gasteiger partial charge is 0.295 e. The number of carbonyl (C=O) groups excluding carboxylic acids is 1. The lowest BCUT2D eigenvalue weighted by Gasteiger charge is -2.19. The summed E-state index contributed by atoms with van der Waals surface area (Å²) in [6.07, 6.45) is 0.798. The third-order valence-electron chi connectivity index (χ3n) is 4.84. The van der Waals surface area contributed by atoms with E-state index in [9.17, 15) is 4.79 Å². The second-order valence-corrected chi connectivity index (χ2v) is 8.83. The fraction of sp³-hybridized carbons (Fsp3) is 0.304. The van der Waals surface area contributed by atoms with Gasteiger partial charge in [-0.3, -0.25) is 9.69 Å². The Morgan fingerprint density at radius 2 is 2.00 bits per heavy atom. The highest BCUT2D eigenvalue weighted by atomic mass is 35.5. The summed E-state index contributed by atoms with van der Waals surface area (Å²) in [5, 5.41) is 2.01. The number of anilines is 1. The first-order valence-corrected chi connectivity index (χ1v) is 11.3. The summed E-state index contributed by atoms with van der Waals surface area (Å²) in [7, 11) is 4.02. The molecular weight excluding hydrogens is 434 g/mol. The van der Waals surface area contributed by atoms with Crippen molar-refractivity contribution >= 4 is 55.2 Å². The molecule has 0 saturated carbocycles. The Hall–Kier alpha value is -2.61. The Labute approximate surface area is 190 Å². The van der Waals surface area contributed by atoms with Gasteiger partial charge in [0.25, 0.3) is 5.91 Å². The summed E-state index contributed by atoms with van der Waals surface area (Å²) < 4.78 is 12.6. The van der Waals surface area contributed by atoms with Gasteiger partial charge in [0, 0.05) is 11.9 Å². The molecule has 6 nitrogen and oxygen atoms in total. The Morgan fingerprint density at radius 3 is 2.74 bits per heavy atom. The van der Waals surface area contributed by atoms with Crippen molar-refractivity contribution in [2.24, 2.45) is 0 Å². The molecule has 31 heavy (non-hydrogen) atoms. The molecule has 0 bridgehead atoms. The predicted molar refractivity (Wildman–Crippen MR) is 127 cm³/mol. The maximum atomic E-state index is 13.5. The molecule has 162 valence electrons. The number of ether oxygens (including phenoxy) is 1. The fourth-order valence-electron chi connectivity index (χ4n) is 3.39. The van der Waals surface area contributed by atoms with Crippen LogP contribution < -0.4 is 9.64 Å². The van der Waals surface area contributed by atoms with Crippen molar-refractivity contribution in [1.29, 1.82) is 0 Å². The topological polar surface area (TPSA) is 58.8 Å². The number of carbonyl (C=O) groups is 1. The molecular formula is C23H24ClN3O3S. The van der Waals surface area contributed by atoms with E-state index >= 15 is 0 Å². The van der Waals surface area contributed by atoms with E-state index in [4.69, 9.17) is 20.8 Å². The van der Waals surface area contributed by atoms with Crippen molar-refractivity contribution in [3.8, 4) is 5.75 Å². The summed E-state index contributed by atoms with van der Waals surface area (Å²) in [5.41, 5.74) is 1.28. The summed E-state index contributed by atoms with van der Waals surface area (Å²) >= 11 is 7.77. The zero-order valence-corrected chi connectivity index (χ0v) is 19.3. The van der Waals surface area contributed by atoms with Crippen LogP contribution in [0, 0.1) is 0 Å². The van der Waals surface area contributed by atoms with Gasteiger partial charge in [0.15, 0.2) is 22.2 Å². The van der Waals surface area contributed by atoms with Crippen molar-refractivity contribution in [3.05, 3.63) is 53.2 Å². The van der Waals surface area contributed by atoms with Crippen LogP contribution in [-0.4, -0.2) is 49.6 Å². The molecule has 0 saturated heterocycles. The molecule has 0 aliphatic heterocycles. The molecule has 0 aliphatic carbocycles. The number of thiazole rings is 1. The predicted octanol–water partition coefficient (Wildman–Crippen LogP) is 5.69. The van der Waals surface area contributed by atoms with Crippen molar-refractivity contribution in [2.45, 2.75) is 13.3 Å². The Balaban J connectivity index is 1.72. The number of halogens is 1. The second kappa shape index (κ2) is 9.26. The Bertz CT molecular complexity index is 1220. The molecule has 0 aliphatic rings. The number of rotatable bonds is 8. The number of fused-ring (bicyclic) bond motifs is 2. The SMILES string of the molecule is CCOc1cccc2cc(C(=O)N(CCCN(C)C)c3nc4c(Cl)cccc4s3)oc12. The maximum Gasteiger partial charge on any atom is 0.295 e. The van der Waals surface area contributed by atoms with Gasteiger partial charge in [-0.25, -0.2) is 4.98 Å². The molecule has 2 aromatic heterocycles. The van der Waals surface area contributed by atoms with Crippen LogP contribution in [-0.2, 0) is 0 Å². The number of nitrogens with zero attached hydrogens (tertiary/aromatic N) is 3. The Kier molecular flexibility index (Phi) is 6.46. The van der Waals surface area contributed by atoms with Crippen LogP contribution in [0.2, 0.25) is 5.02 Å². The van der Waals surface area contributed by atoms with Gasteiger partial charge in [-0.2, -0.15) is 0 Å². The zero-order valence-electron chi connectivity index (χ0n) is 17.7. The fourth-order valence-corrected chi connectivity index (χ4v) is 4.68. The number of benzene rings is 2. The number of amides is 1. The average molecular weight is 458 g/mol. The first-order chi connectivity index (χ1) is 15.0. The van der Waals surface area contributed by atoms with E-state index in [0.29, 0.717) is 40.2 Å². The quantitative estimate of drug-likeness (QED) is 0.340. The molecule has 0 spiro atoms. The second-order valence-electron chi connectivity index (χ2n) is 7.41. The standard InChI is InChI=1S/C23H24ClN3O3S/c1-4-29-17-10-5-8-15-14-18(30-21(15)17)22(28)27(13-7-12-26(2)3)23-25-20-16(24)9-6-11-19(20)31-23/h5-6,8-11,14H,4,7,12-13H2,1-3H3. The van der Waals surface area contributed by atoms with Crippen LogP contribution in [0.5, 0.6) is 5.75 Å². The van der Waals surface area contributed by atoms with Crippen LogP contribution in [0.4, 0.5) is 5.13 Å². The summed E-state index contributed by atoms with van der Waals surface area (Å²) in [6, 6.07) is 13.1. The molecule has 0 radical (unpaired) electrons. The molecule has 8 heteroatoms. The van der Waals surface area contributed by atoms with Gasteiger partial charge in [0.05, 0.1) is 16.3 Å². The highest BCUT2D eigenvalue weighted by molar-refractivity contribution is 7.22. The van der Waals surface area contributed by atoms with Gasteiger partial charge in [0.1, 0.15) is 5.52 Å². The van der Waals surface area contributed by atoms with Gasteiger partial charge in [0.2, 0.25) is 0 Å². The van der Waals surface area contributed by atoms with E-state index in [-0.39, 0.29) is 11.7 Å². The lowest BCUT2D eigenvalue weighted by Crippen LogP contribution is -2.33. The number of hydrogen-bond acceptors (Lipinski definition) is 6. The van der Waals surface area contributed by atoms with Gasteiger partial charge in [-0.1, -0.05) is 41.1 Å². The van der Waals surface area contributed by atoms with Gasteiger partial charge in [-0.05, 0) is 58.3 Å². The summed E-state index contributed by atoms with van der Waals surface area (Å²) in [5.74, 6) is 0.662. The number of para-hydroxylation sites is 2. The highest BCUT2D eigenvalue weighted by Gasteiger charge is 2.25. The van der Waals surface area contributed by atoms with Crippen LogP contribution in [0.1, 0.15) is 23.9 Å². The normalized spacial score (nSPS) is 11.5. The third-order valence-corrected chi connectivity index (χ3v) is 6.19. The number of furan rings is 1. The van der Waals surface area contributed by atoms with Crippen LogP contribution >= 0.6 is 22.9 Å². The van der Waals surface area contributed by atoms with Gasteiger partial charge in [-0.15, -0.1) is 0 Å². The molecule has 0 unspecified atom stereocenters. The first-order valence-electron chi connectivity index (χ1n) is 10.1. The molecule has 1 amide bonds. The van der Waals surface area contributed by atoms with E-state index in [2.05, 4.69) is 9.88 Å². The lowest BCUT2D eigenvalue weighted by atomic mass is 10.2. The number of hydrogen-bond donors (Lipinski definition) is 0. The first kappa shape index (κ1) is 21.6. The Morgan fingerprint density at radius 1 is 1.19 bits per heavy atom. The summed E-state index contributed by atoms with van der Waals surface area (Å²) in [4.78, 5) is 22.0. The van der Waals surface area contributed by atoms with Crippen molar-refractivity contribution in [3.63, 3.8) is 0 Å². The molecule has 2 heterocycles. The third kappa shape index (κ3) is 4.54. The van der Waals surface area contributed by atoms with Crippen LogP contribution in [0.25, 0.3) is 21.2 Å². The average Bonchev–Trinajstić information content (AvgIpc) is 3.36. The van der Waals surface area contributed by atoms with E-state index in [1.165, 1.54) is 11.3 Å². The minimum Gasteiger partial charge on any atom is -0.490 e. The lowest BCUT2D eigenvalue weighted by molar-refractivity contribution is 0.0961. The molecule has 4 rings (SSSR count). The summed E-state index contributed by atoms with van der Waals surface area (Å²) in [6.45, 7) is 3.80. The van der Waals surface area contributed by atoms with Crippen LogP contribution in [0.3, 0.4) is 0 Å². The van der Waals surface area contributed by atoms with Gasteiger partial charge >= 0.3 is 0 Å². The minimum absolute atomic E-state index is 0.229. The molecule has 2 aromatic carbocycles. The van der Waals surface area contributed by atoms with Crippen molar-refractivity contribution < 1.29 is 13.9 Å². The van der Waals surface area contributed by atoms with E-state index in [1.807, 2.05) is 51.4 Å². The zero-order chi connectivity index (χ0) is 22.0. The van der Waals surface area contributed by atoms with Gasteiger partial charge < -0.3 is 14.1 Å². The monoisotopic (exact) mass is 457 g/mol. The molecule has 4 aromatic rings. The van der Waals surface area contributed by atoms with Crippen molar-refractivity contribution in [2.75, 3.05) is 38.7 Å².